The lowest BCUT2D eigenvalue weighted by Gasteiger charge is -2.29. The maximum atomic E-state index is 13.9. The van der Waals surface area contributed by atoms with Crippen LogP contribution in [0.3, 0.4) is 0 Å². The highest BCUT2D eigenvalue weighted by Gasteiger charge is 2.60. The van der Waals surface area contributed by atoms with Gasteiger partial charge < -0.3 is 0 Å². The Bertz CT molecular complexity index is 1280. The Morgan fingerprint density at radius 2 is 1.56 bits per heavy atom. The molecule has 5 nitrogen and oxygen atoms in total. The summed E-state index contributed by atoms with van der Waals surface area (Å²) in [4.78, 5) is 33.4. The number of carbonyl (C=O) groups is 2. The number of para-hydroxylation sites is 1. The van der Waals surface area contributed by atoms with E-state index in [1.54, 1.807) is 30.3 Å². The van der Waals surface area contributed by atoms with E-state index < -0.39 is 47.4 Å². The smallest absolute Gasteiger partial charge is 0.273 e. The number of fused-ring (bicyclic) bond motifs is 1. The van der Waals surface area contributed by atoms with Crippen LogP contribution in [0.15, 0.2) is 77.3 Å². The fourth-order valence-corrected chi connectivity index (χ4v) is 4.72. The zero-order valence-electron chi connectivity index (χ0n) is 17.2. The summed E-state index contributed by atoms with van der Waals surface area (Å²) in [7, 11) is 0. The third-order valence-electron chi connectivity index (χ3n) is 5.84. The summed E-state index contributed by atoms with van der Waals surface area (Å²) < 4.78 is 53.7. The van der Waals surface area contributed by atoms with Crippen LogP contribution in [0.4, 0.5) is 28.9 Å². The molecule has 0 bridgehead atoms. The lowest BCUT2D eigenvalue weighted by molar-refractivity contribution is -0.137. The first kappa shape index (κ1) is 22.5. The van der Waals surface area contributed by atoms with Crippen molar-refractivity contribution in [2.75, 3.05) is 9.96 Å². The highest BCUT2D eigenvalue weighted by atomic mass is 79.9. The molecule has 174 valence electrons. The quantitative estimate of drug-likeness (QED) is 0.321. The van der Waals surface area contributed by atoms with Crippen LogP contribution in [0.1, 0.15) is 17.2 Å². The minimum Gasteiger partial charge on any atom is -0.273 e. The standard InChI is InChI=1S/C24H15BrF4N2O3/c25-17-11-13(9-10-18(17)26)20-19-21(34-31(20)15-6-2-1-3-7-15)23(33)30(22(19)32)16-8-4-5-14(12-16)24(27,28)29/h1-12,19-21H/t19-,20+,21-/m0/s1. The number of imide groups is 1. The number of hydroxylamine groups is 1. The number of benzene rings is 3. The van der Waals surface area contributed by atoms with Gasteiger partial charge >= 0.3 is 6.18 Å². The molecular weight excluding hydrogens is 520 g/mol. The maximum Gasteiger partial charge on any atom is 0.416 e. The van der Waals surface area contributed by atoms with Crippen LogP contribution in [0, 0.1) is 11.7 Å². The van der Waals surface area contributed by atoms with E-state index in [-0.39, 0.29) is 10.2 Å². The summed E-state index contributed by atoms with van der Waals surface area (Å²) in [6.45, 7) is 0. The Labute approximate surface area is 199 Å². The summed E-state index contributed by atoms with van der Waals surface area (Å²) in [6, 6.07) is 16.2. The van der Waals surface area contributed by atoms with Gasteiger partial charge in [0.25, 0.3) is 5.91 Å². The van der Waals surface area contributed by atoms with Gasteiger partial charge in [-0.05, 0) is 64.0 Å². The average molecular weight is 535 g/mol. The summed E-state index contributed by atoms with van der Waals surface area (Å²) >= 11 is 3.14. The largest absolute Gasteiger partial charge is 0.416 e. The van der Waals surface area contributed by atoms with Gasteiger partial charge in [-0.15, -0.1) is 0 Å². The lowest BCUT2D eigenvalue weighted by Crippen LogP contribution is -2.37. The number of hydrogen-bond donors (Lipinski definition) is 0. The third kappa shape index (κ3) is 3.67. The molecule has 3 aromatic carbocycles. The van der Waals surface area contributed by atoms with E-state index in [4.69, 9.17) is 4.84 Å². The zero-order valence-corrected chi connectivity index (χ0v) is 18.8. The summed E-state index contributed by atoms with van der Waals surface area (Å²) in [6.07, 6.45) is -5.89. The van der Waals surface area contributed by atoms with E-state index >= 15 is 0 Å². The van der Waals surface area contributed by atoms with Crippen molar-refractivity contribution in [3.8, 4) is 0 Å². The average Bonchev–Trinajstić information content (AvgIpc) is 3.32. The Kier molecular flexibility index (Phi) is 5.44. The van der Waals surface area contributed by atoms with Crippen LogP contribution in [0.2, 0.25) is 0 Å². The number of halogens is 5. The van der Waals surface area contributed by atoms with Crippen LogP contribution >= 0.6 is 15.9 Å². The highest BCUT2D eigenvalue weighted by Crippen LogP contribution is 2.48. The normalized spacial score (nSPS) is 22.4. The molecular formula is C24H15BrF4N2O3. The molecule has 0 radical (unpaired) electrons. The van der Waals surface area contributed by atoms with Crippen molar-refractivity contribution in [2.45, 2.75) is 18.3 Å². The summed E-state index contributed by atoms with van der Waals surface area (Å²) in [5.41, 5.74) is -0.105. The molecule has 0 N–H and O–H groups in total. The second kappa shape index (κ2) is 8.21. The number of rotatable bonds is 3. The van der Waals surface area contributed by atoms with Gasteiger partial charge in [0.1, 0.15) is 11.7 Å². The number of carbonyl (C=O) groups excluding carboxylic acids is 2. The van der Waals surface area contributed by atoms with Gasteiger partial charge in [0, 0.05) is 0 Å². The first-order valence-corrected chi connectivity index (χ1v) is 11.0. The molecule has 2 fully saturated rings. The molecule has 0 aromatic heterocycles. The molecule has 3 atom stereocenters. The molecule has 2 amide bonds. The van der Waals surface area contributed by atoms with Crippen molar-refractivity contribution in [3.05, 3.63) is 94.2 Å². The number of amides is 2. The summed E-state index contributed by atoms with van der Waals surface area (Å²) in [5, 5.41) is 1.42. The van der Waals surface area contributed by atoms with Crippen molar-refractivity contribution in [3.63, 3.8) is 0 Å². The van der Waals surface area contributed by atoms with Crippen LogP contribution in [0.5, 0.6) is 0 Å². The Morgan fingerprint density at radius 3 is 2.24 bits per heavy atom. The van der Waals surface area contributed by atoms with Crippen molar-refractivity contribution < 1.29 is 32.0 Å². The predicted molar refractivity (Wildman–Crippen MR) is 118 cm³/mol. The van der Waals surface area contributed by atoms with Gasteiger partial charge in [0.2, 0.25) is 5.91 Å². The number of hydrogen-bond acceptors (Lipinski definition) is 4. The molecule has 3 aromatic rings. The van der Waals surface area contributed by atoms with Crippen molar-refractivity contribution >= 4 is 39.1 Å². The van der Waals surface area contributed by atoms with E-state index in [1.165, 1.54) is 29.3 Å². The molecule has 0 spiro atoms. The van der Waals surface area contributed by atoms with Gasteiger partial charge in [0.05, 0.1) is 27.5 Å². The monoisotopic (exact) mass is 534 g/mol. The van der Waals surface area contributed by atoms with Crippen LogP contribution in [-0.2, 0) is 20.6 Å². The van der Waals surface area contributed by atoms with Gasteiger partial charge in [-0.2, -0.15) is 13.2 Å². The van der Waals surface area contributed by atoms with Crippen LogP contribution < -0.4 is 9.96 Å². The summed E-state index contributed by atoms with van der Waals surface area (Å²) in [5.74, 6) is -3.03. The Balaban J connectivity index is 1.58. The van der Waals surface area contributed by atoms with Crippen LogP contribution in [0.25, 0.3) is 0 Å². The number of anilines is 2. The van der Waals surface area contributed by atoms with Crippen LogP contribution in [-0.4, -0.2) is 17.9 Å². The molecule has 34 heavy (non-hydrogen) atoms. The maximum absolute atomic E-state index is 13.9. The molecule has 2 aliphatic heterocycles. The molecule has 0 unspecified atom stereocenters. The first-order valence-electron chi connectivity index (χ1n) is 10.2. The van der Waals surface area contributed by atoms with E-state index in [9.17, 15) is 27.2 Å². The fourth-order valence-electron chi connectivity index (χ4n) is 4.32. The lowest BCUT2D eigenvalue weighted by atomic mass is 9.90. The van der Waals surface area contributed by atoms with Gasteiger partial charge in [-0.3, -0.25) is 14.4 Å². The van der Waals surface area contributed by atoms with E-state index in [1.807, 2.05) is 0 Å². The minimum atomic E-state index is -4.64. The van der Waals surface area contributed by atoms with Crippen molar-refractivity contribution in [1.29, 1.82) is 0 Å². The molecule has 2 heterocycles. The molecule has 0 aliphatic carbocycles. The SMILES string of the molecule is O=C1[C@@H]2[C@H](ON(c3ccccc3)[C@@H]2c2ccc(F)c(Br)c2)C(=O)N1c1cccc(C(F)(F)F)c1. The Hall–Kier alpha value is -3.24. The topological polar surface area (TPSA) is 49.9 Å². The number of alkyl halides is 3. The highest BCUT2D eigenvalue weighted by molar-refractivity contribution is 9.10. The molecule has 5 rings (SSSR count). The van der Waals surface area contributed by atoms with E-state index in [0.29, 0.717) is 11.3 Å². The molecule has 10 heteroatoms. The van der Waals surface area contributed by atoms with Crippen molar-refractivity contribution in [1.82, 2.24) is 0 Å². The third-order valence-corrected chi connectivity index (χ3v) is 6.45. The first-order chi connectivity index (χ1) is 16.2. The zero-order chi connectivity index (χ0) is 24.2. The Morgan fingerprint density at radius 1 is 0.853 bits per heavy atom. The molecule has 2 aliphatic rings. The molecule has 2 saturated heterocycles. The van der Waals surface area contributed by atoms with Gasteiger partial charge in [0.15, 0.2) is 6.10 Å². The number of nitrogens with zero attached hydrogens (tertiary/aromatic N) is 2. The minimum absolute atomic E-state index is 0.160. The van der Waals surface area contributed by atoms with E-state index in [2.05, 4.69) is 15.9 Å². The molecule has 0 saturated carbocycles. The van der Waals surface area contributed by atoms with Gasteiger partial charge in [-0.1, -0.05) is 30.3 Å². The predicted octanol–water partition coefficient (Wildman–Crippen LogP) is 5.66. The van der Waals surface area contributed by atoms with Crippen molar-refractivity contribution in [2.24, 2.45) is 5.92 Å². The second-order valence-electron chi connectivity index (χ2n) is 7.89. The second-order valence-corrected chi connectivity index (χ2v) is 8.75. The van der Waals surface area contributed by atoms with Gasteiger partial charge in [-0.25, -0.2) is 14.4 Å². The van der Waals surface area contributed by atoms with E-state index in [0.717, 1.165) is 23.1 Å². The fraction of sp³-hybridized carbons (Fsp3) is 0.167.